The first-order chi connectivity index (χ1) is 9.10. The zero-order valence-electron chi connectivity index (χ0n) is 10.3. The first-order valence-electron chi connectivity index (χ1n) is 5.87. The number of nitrogens with zero attached hydrogens (tertiary/aromatic N) is 1. The lowest BCUT2D eigenvalue weighted by Gasteiger charge is -2.08. The van der Waals surface area contributed by atoms with Gasteiger partial charge in [0.25, 0.3) is 0 Å². The molecule has 2 rings (SSSR count). The third-order valence-electron chi connectivity index (χ3n) is 2.61. The van der Waals surface area contributed by atoms with E-state index in [1.54, 1.807) is 18.3 Å². The molecule has 0 saturated carbocycles. The molecule has 1 aromatic carbocycles. The summed E-state index contributed by atoms with van der Waals surface area (Å²) >= 11 is 1.10. The molecular weight excluding hydrogens is 268 g/mol. The molecule has 2 nitrogen and oxygen atoms in total. The standard InChI is InChI=1S/C14H13F2NOS/c1-2-13(18)12-6-4-10(8-17-12)19-14-7-9(15)3-5-11(14)16/h3-8,13,18H,2H2,1H3/t13-/m0/s1. The van der Waals surface area contributed by atoms with Crippen LogP contribution in [0.3, 0.4) is 0 Å². The van der Waals surface area contributed by atoms with Crippen LogP contribution in [-0.4, -0.2) is 10.1 Å². The summed E-state index contributed by atoms with van der Waals surface area (Å²) in [4.78, 5) is 5.02. The number of aromatic nitrogens is 1. The zero-order chi connectivity index (χ0) is 13.8. The second-order valence-electron chi connectivity index (χ2n) is 4.02. The fourth-order valence-electron chi connectivity index (χ4n) is 1.54. The molecule has 0 aliphatic carbocycles. The van der Waals surface area contributed by atoms with Gasteiger partial charge in [0.05, 0.1) is 16.7 Å². The van der Waals surface area contributed by atoms with Crippen molar-refractivity contribution in [2.24, 2.45) is 0 Å². The highest BCUT2D eigenvalue weighted by Gasteiger charge is 2.09. The summed E-state index contributed by atoms with van der Waals surface area (Å²) in [6.45, 7) is 1.86. The Morgan fingerprint density at radius 1 is 1.26 bits per heavy atom. The third kappa shape index (κ3) is 3.52. The van der Waals surface area contributed by atoms with Gasteiger partial charge < -0.3 is 5.11 Å². The lowest BCUT2D eigenvalue weighted by Crippen LogP contribution is -1.97. The molecule has 19 heavy (non-hydrogen) atoms. The van der Waals surface area contributed by atoms with Gasteiger partial charge in [0.2, 0.25) is 0 Å². The number of aliphatic hydroxyl groups is 1. The van der Waals surface area contributed by atoms with Crippen LogP contribution in [0, 0.1) is 11.6 Å². The van der Waals surface area contributed by atoms with Crippen molar-refractivity contribution in [2.75, 3.05) is 0 Å². The van der Waals surface area contributed by atoms with Crippen molar-refractivity contribution in [2.45, 2.75) is 29.2 Å². The molecule has 0 unspecified atom stereocenters. The minimum Gasteiger partial charge on any atom is -0.387 e. The average molecular weight is 281 g/mol. The Labute approximate surface area is 114 Å². The van der Waals surface area contributed by atoms with E-state index in [2.05, 4.69) is 4.98 Å². The molecule has 5 heteroatoms. The predicted molar refractivity (Wildman–Crippen MR) is 70.0 cm³/mol. The monoisotopic (exact) mass is 281 g/mol. The Bertz CT molecular complexity index is 560. The Kier molecular flexibility index (Phi) is 4.50. The molecule has 1 N–H and O–H groups in total. The summed E-state index contributed by atoms with van der Waals surface area (Å²) in [6.07, 6.45) is 1.53. The van der Waals surface area contributed by atoms with Crippen LogP contribution in [0.25, 0.3) is 0 Å². The van der Waals surface area contributed by atoms with E-state index in [-0.39, 0.29) is 4.90 Å². The fraction of sp³-hybridized carbons (Fsp3) is 0.214. The van der Waals surface area contributed by atoms with Gasteiger partial charge in [-0.2, -0.15) is 0 Å². The lowest BCUT2D eigenvalue weighted by atomic mass is 10.2. The van der Waals surface area contributed by atoms with Crippen LogP contribution >= 0.6 is 11.8 Å². The smallest absolute Gasteiger partial charge is 0.137 e. The van der Waals surface area contributed by atoms with Gasteiger partial charge in [-0.15, -0.1) is 0 Å². The normalized spacial score (nSPS) is 12.4. The van der Waals surface area contributed by atoms with E-state index in [0.717, 1.165) is 30.0 Å². The van der Waals surface area contributed by atoms with Crippen molar-refractivity contribution in [3.8, 4) is 0 Å². The zero-order valence-corrected chi connectivity index (χ0v) is 11.1. The maximum atomic E-state index is 13.5. The number of hydrogen-bond donors (Lipinski definition) is 1. The van der Waals surface area contributed by atoms with E-state index >= 15 is 0 Å². The molecule has 1 atom stereocenters. The van der Waals surface area contributed by atoms with Gasteiger partial charge in [-0.1, -0.05) is 18.7 Å². The third-order valence-corrected chi connectivity index (χ3v) is 3.62. The molecule has 100 valence electrons. The van der Waals surface area contributed by atoms with Crippen LogP contribution in [0.15, 0.2) is 46.3 Å². The minimum absolute atomic E-state index is 0.214. The second-order valence-corrected chi connectivity index (χ2v) is 5.13. The summed E-state index contributed by atoms with van der Waals surface area (Å²) in [7, 11) is 0. The molecule has 0 spiro atoms. The van der Waals surface area contributed by atoms with Crippen molar-refractivity contribution in [3.05, 3.63) is 53.9 Å². The van der Waals surface area contributed by atoms with Crippen molar-refractivity contribution < 1.29 is 13.9 Å². The van der Waals surface area contributed by atoms with Gasteiger partial charge in [0.1, 0.15) is 11.6 Å². The number of pyridine rings is 1. The molecule has 0 saturated heterocycles. The topological polar surface area (TPSA) is 33.1 Å². The molecule has 0 fully saturated rings. The SMILES string of the molecule is CC[C@H](O)c1ccc(Sc2cc(F)ccc2F)cn1. The molecule has 0 radical (unpaired) electrons. The highest BCUT2D eigenvalue weighted by atomic mass is 32.2. The van der Waals surface area contributed by atoms with Crippen LogP contribution in [0.4, 0.5) is 8.78 Å². The molecule has 0 aliphatic rings. The molecule has 0 bridgehead atoms. The minimum atomic E-state index is -0.593. The van der Waals surface area contributed by atoms with Crippen LogP contribution in [0.1, 0.15) is 25.1 Å². The Morgan fingerprint density at radius 2 is 2.05 bits per heavy atom. The molecule has 2 aromatic rings. The Balaban J connectivity index is 2.17. The Morgan fingerprint density at radius 3 is 2.68 bits per heavy atom. The van der Waals surface area contributed by atoms with Gasteiger partial charge in [0.15, 0.2) is 0 Å². The van der Waals surface area contributed by atoms with Gasteiger partial charge in [0, 0.05) is 11.1 Å². The highest BCUT2D eigenvalue weighted by Crippen LogP contribution is 2.30. The Hall–Kier alpha value is -1.46. The predicted octanol–water partition coefficient (Wildman–Crippen LogP) is 3.95. The summed E-state index contributed by atoms with van der Waals surface area (Å²) in [5.41, 5.74) is 0.576. The molecule has 1 aromatic heterocycles. The highest BCUT2D eigenvalue weighted by molar-refractivity contribution is 7.99. The van der Waals surface area contributed by atoms with Crippen molar-refractivity contribution >= 4 is 11.8 Å². The molecular formula is C14H13F2NOS. The lowest BCUT2D eigenvalue weighted by molar-refractivity contribution is 0.169. The summed E-state index contributed by atoms with van der Waals surface area (Å²) in [5, 5.41) is 9.61. The van der Waals surface area contributed by atoms with E-state index in [1.165, 1.54) is 0 Å². The van der Waals surface area contributed by atoms with E-state index in [1.807, 2.05) is 6.92 Å². The van der Waals surface area contributed by atoms with E-state index in [9.17, 15) is 13.9 Å². The largest absolute Gasteiger partial charge is 0.387 e. The number of hydrogen-bond acceptors (Lipinski definition) is 3. The van der Waals surface area contributed by atoms with Crippen molar-refractivity contribution in [1.82, 2.24) is 4.98 Å². The van der Waals surface area contributed by atoms with E-state index in [4.69, 9.17) is 0 Å². The van der Waals surface area contributed by atoms with E-state index < -0.39 is 17.7 Å². The average Bonchev–Trinajstić information content (AvgIpc) is 2.43. The van der Waals surface area contributed by atoms with Crippen LogP contribution < -0.4 is 0 Å². The molecule has 0 aliphatic heterocycles. The molecule has 0 amide bonds. The number of aliphatic hydroxyl groups excluding tert-OH is 1. The van der Waals surface area contributed by atoms with Gasteiger partial charge in [-0.3, -0.25) is 4.98 Å². The fourth-order valence-corrected chi connectivity index (χ4v) is 2.37. The summed E-state index contributed by atoms with van der Waals surface area (Å²) < 4.78 is 26.5. The van der Waals surface area contributed by atoms with Gasteiger partial charge >= 0.3 is 0 Å². The van der Waals surface area contributed by atoms with Crippen LogP contribution in [0.2, 0.25) is 0 Å². The maximum absolute atomic E-state index is 13.5. The number of rotatable bonds is 4. The van der Waals surface area contributed by atoms with Crippen molar-refractivity contribution in [1.29, 1.82) is 0 Å². The number of halogens is 2. The maximum Gasteiger partial charge on any atom is 0.137 e. The van der Waals surface area contributed by atoms with E-state index in [0.29, 0.717) is 17.0 Å². The summed E-state index contributed by atoms with van der Waals surface area (Å²) in [5.74, 6) is -0.945. The van der Waals surface area contributed by atoms with Gasteiger partial charge in [-0.05, 0) is 36.8 Å². The second kappa shape index (κ2) is 6.12. The quantitative estimate of drug-likeness (QED) is 0.921. The first-order valence-corrected chi connectivity index (χ1v) is 6.68. The number of benzene rings is 1. The van der Waals surface area contributed by atoms with Crippen LogP contribution in [0.5, 0.6) is 0 Å². The molecule has 1 heterocycles. The summed E-state index contributed by atoms with van der Waals surface area (Å²) in [6, 6.07) is 6.75. The first kappa shape index (κ1) is 14.0. The van der Waals surface area contributed by atoms with Gasteiger partial charge in [-0.25, -0.2) is 8.78 Å². The van der Waals surface area contributed by atoms with Crippen molar-refractivity contribution in [3.63, 3.8) is 0 Å². The van der Waals surface area contributed by atoms with Crippen LogP contribution in [-0.2, 0) is 0 Å².